The molecular weight excluding hydrogens is 207 g/mol. The second-order valence-corrected chi connectivity index (χ2v) is 3.32. The molecular formula is C13H15FO2. The van der Waals surface area contributed by atoms with Crippen LogP contribution in [-0.2, 0) is 0 Å². The maximum Gasteiger partial charge on any atom is 0.148 e. The average molecular weight is 222 g/mol. The zero-order chi connectivity index (χ0) is 11.8. The van der Waals surface area contributed by atoms with E-state index in [1.54, 1.807) is 6.08 Å². The van der Waals surface area contributed by atoms with Crippen LogP contribution in [0.15, 0.2) is 48.6 Å². The van der Waals surface area contributed by atoms with Crippen molar-refractivity contribution >= 4 is 6.08 Å². The second kappa shape index (κ2) is 6.93. The molecule has 0 aliphatic rings. The molecule has 0 fully saturated rings. The molecule has 0 spiro atoms. The second-order valence-electron chi connectivity index (χ2n) is 3.32. The fourth-order valence-corrected chi connectivity index (χ4v) is 1.18. The van der Waals surface area contributed by atoms with Crippen LogP contribution >= 0.6 is 0 Å². The van der Waals surface area contributed by atoms with E-state index in [9.17, 15) is 9.50 Å². The Labute approximate surface area is 94.4 Å². The normalized spacial score (nSPS) is 15.7. The maximum atomic E-state index is 13.2. The molecule has 1 aromatic rings. The predicted molar refractivity (Wildman–Crippen MR) is 62.6 cm³/mol. The van der Waals surface area contributed by atoms with Crippen molar-refractivity contribution in [2.45, 2.75) is 12.3 Å². The van der Waals surface area contributed by atoms with Crippen LogP contribution in [0.3, 0.4) is 0 Å². The van der Waals surface area contributed by atoms with Gasteiger partial charge in [0.2, 0.25) is 0 Å². The Hall–Kier alpha value is -1.45. The molecule has 3 heteroatoms. The summed E-state index contributed by atoms with van der Waals surface area (Å²) in [5, 5.41) is 17.9. The van der Waals surface area contributed by atoms with E-state index in [0.29, 0.717) is 0 Å². The molecule has 0 bridgehead atoms. The molecule has 2 nitrogen and oxygen atoms in total. The van der Waals surface area contributed by atoms with Crippen molar-refractivity contribution in [2.75, 3.05) is 6.61 Å². The molecule has 16 heavy (non-hydrogen) atoms. The first kappa shape index (κ1) is 12.6. The predicted octanol–water partition coefficient (Wildman–Crippen LogP) is 1.95. The quantitative estimate of drug-likeness (QED) is 0.747. The molecule has 1 aromatic carbocycles. The zero-order valence-electron chi connectivity index (χ0n) is 8.83. The molecule has 0 aliphatic heterocycles. The van der Waals surface area contributed by atoms with Gasteiger partial charge < -0.3 is 10.2 Å². The zero-order valence-corrected chi connectivity index (χ0v) is 8.83. The van der Waals surface area contributed by atoms with Gasteiger partial charge in [-0.05, 0) is 11.6 Å². The lowest BCUT2D eigenvalue weighted by atomic mass is 10.1. The number of hydrogen-bond donors (Lipinski definition) is 2. The highest BCUT2D eigenvalue weighted by Gasteiger charge is 2.10. The van der Waals surface area contributed by atoms with E-state index in [4.69, 9.17) is 5.11 Å². The van der Waals surface area contributed by atoms with E-state index in [1.165, 1.54) is 12.2 Å². The lowest BCUT2D eigenvalue weighted by molar-refractivity contribution is 0.144. The van der Waals surface area contributed by atoms with Crippen molar-refractivity contribution in [1.29, 1.82) is 0 Å². The summed E-state index contributed by atoms with van der Waals surface area (Å²) in [6, 6.07) is 9.34. The van der Waals surface area contributed by atoms with Gasteiger partial charge in [0.1, 0.15) is 12.3 Å². The molecule has 0 amide bonds. The SMILES string of the molecule is OC/C=C\[C@@H](F)[C@@H](O)/C=C/c1ccccc1. The third-order valence-corrected chi connectivity index (χ3v) is 2.04. The number of aliphatic hydroxyl groups is 2. The third-order valence-electron chi connectivity index (χ3n) is 2.04. The van der Waals surface area contributed by atoms with Gasteiger partial charge in [-0.1, -0.05) is 48.6 Å². The summed E-state index contributed by atoms with van der Waals surface area (Å²) in [5.41, 5.74) is 0.903. The van der Waals surface area contributed by atoms with Crippen LogP contribution in [0.1, 0.15) is 5.56 Å². The van der Waals surface area contributed by atoms with Crippen molar-refractivity contribution in [3.63, 3.8) is 0 Å². The number of rotatable bonds is 5. The smallest absolute Gasteiger partial charge is 0.148 e. The minimum Gasteiger partial charge on any atom is -0.392 e. The number of benzene rings is 1. The Balaban J connectivity index is 2.54. The van der Waals surface area contributed by atoms with E-state index in [1.807, 2.05) is 30.3 Å². The first-order valence-corrected chi connectivity index (χ1v) is 5.07. The van der Waals surface area contributed by atoms with Crippen molar-refractivity contribution < 1.29 is 14.6 Å². The van der Waals surface area contributed by atoms with Crippen LogP contribution in [0.5, 0.6) is 0 Å². The number of hydrogen-bond acceptors (Lipinski definition) is 2. The van der Waals surface area contributed by atoms with Crippen LogP contribution in [0.2, 0.25) is 0 Å². The first-order chi connectivity index (χ1) is 7.74. The number of alkyl halides is 1. The molecule has 2 N–H and O–H groups in total. The van der Waals surface area contributed by atoms with Gasteiger partial charge in [-0.3, -0.25) is 0 Å². The maximum absolute atomic E-state index is 13.2. The summed E-state index contributed by atoms with van der Waals surface area (Å²) in [6.45, 7) is -0.227. The monoisotopic (exact) mass is 222 g/mol. The van der Waals surface area contributed by atoms with Gasteiger partial charge in [0, 0.05) is 0 Å². The van der Waals surface area contributed by atoms with Gasteiger partial charge in [0.15, 0.2) is 0 Å². The Kier molecular flexibility index (Phi) is 5.46. The van der Waals surface area contributed by atoms with Gasteiger partial charge in [-0.15, -0.1) is 0 Å². The molecule has 0 saturated heterocycles. The van der Waals surface area contributed by atoms with Crippen molar-refractivity contribution in [3.05, 3.63) is 54.1 Å². The van der Waals surface area contributed by atoms with Crippen LogP contribution in [0.4, 0.5) is 4.39 Å². The van der Waals surface area contributed by atoms with Crippen LogP contribution < -0.4 is 0 Å². The standard InChI is InChI=1S/C13H15FO2/c14-12(7-4-10-15)13(16)9-8-11-5-2-1-3-6-11/h1-9,12-13,15-16H,10H2/b7-4-,9-8+/t12-,13+/m1/s1. The van der Waals surface area contributed by atoms with Gasteiger partial charge in [-0.25, -0.2) is 4.39 Å². The largest absolute Gasteiger partial charge is 0.392 e. The summed E-state index contributed by atoms with van der Waals surface area (Å²) in [7, 11) is 0. The highest BCUT2D eigenvalue weighted by atomic mass is 19.1. The van der Waals surface area contributed by atoms with Gasteiger partial charge in [0.25, 0.3) is 0 Å². The molecule has 0 saturated carbocycles. The average Bonchev–Trinajstić information content (AvgIpc) is 2.34. The Morgan fingerprint density at radius 2 is 1.88 bits per heavy atom. The number of halogens is 1. The molecule has 1 rings (SSSR count). The Morgan fingerprint density at radius 3 is 2.50 bits per heavy atom. The fraction of sp³-hybridized carbons (Fsp3) is 0.231. The summed E-state index contributed by atoms with van der Waals surface area (Å²) in [5.74, 6) is 0. The van der Waals surface area contributed by atoms with E-state index in [2.05, 4.69) is 0 Å². The van der Waals surface area contributed by atoms with E-state index in [-0.39, 0.29) is 6.61 Å². The Morgan fingerprint density at radius 1 is 1.19 bits per heavy atom. The van der Waals surface area contributed by atoms with Crippen molar-refractivity contribution in [3.8, 4) is 0 Å². The third kappa shape index (κ3) is 4.38. The molecule has 0 aromatic heterocycles. The van der Waals surface area contributed by atoms with Crippen LogP contribution in [0, 0.1) is 0 Å². The molecule has 0 radical (unpaired) electrons. The summed E-state index contributed by atoms with van der Waals surface area (Å²) in [4.78, 5) is 0. The van der Waals surface area contributed by atoms with Crippen LogP contribution in [0.25, 0.3) is 6.08 Å². The number of aliphatic hydroxyl groups excluding tert-OH is 2. The van der Waals surface area contributed by atoms with Gasteiger partial charge in [0.05, 0.1) is 6.61 Å². The topological polar surface area (TPSA) is 40.5 Å². The fourth-order valence-electron chi connectivity index (χ4n) is 1.18. The van der Waals surface area contributed by atoms with E-state index < -0.39 is 12.3 Å². The van der Waals surface area contributed by atoms with E-state index >= 15 is 0 Å². The van der Waals surface area contributed by atoms with Gasteiger partial charge in [-0.2, -0.15) is 0 Å². The first-order valence-electron chi connectivity index (χ1n) is 5.07. The molecule has 2 atom stereocenters. The van der Waals surface area contributed by atoms with Crippen LogP contribution in [-0.4, -0.2) is 29.1 Å². The molecule has 0 heterocycles. The minimum atomic E-state index is -1.49. The summed E-state index contributed by atoms with van der Waals surface area (Å²) < 4.78 is 13.2. The summed E-state index contributed by atoms with van der Waals surface area (Å²) >= 11 is 0. The summed E-state index contributed by atoms with van der Waals surface area (Å²) in [6.07, 6.45) is 2.77. The highest BCUT2D eigenvalue weighted by Crippen LogP contribution is 2.07. The van der Waals surface area contributed by atoms with Crippen molar-refractivity contribution in [2.24, 2.45) is 0 Å². The van der Waals surface area contributed by atoms with E-state index in [0.717, 1.165) is 11.6 Å². The molecule has 0 aliphatic carbocycles. The molecule has 0 unspecified atom stereocenters. The minimum absolute atomic E-state index is 0.227. The Bertz CT molecular complexity index is 346. The molecule has 86 valence electrons. The highest BCUT2D eigenvalue weighted by molar-refractivity contribution is 5.49. The lowest BCUT2D eigenvalue weighted by Gasteiger charge is -2.06. The van der Waals surface area contributed by atoms with Crippen molar-refractivity contribution in [1.82, 2.24) is 0 Å². The lowest BCUT2D eigenvalue weighted by Crippen LogP contribution is -2.16. The van der Waals surface area contributed by atoms with Gasteiger partial charge >= 0.3 is 0 Å².